The number of rotatable bonds is 2. The highest BCUT2D eigenvalue weighted by molar-refractivity contribution is 5.86. The van der Waals surface area contributed by atoms with E-state index in [2.05, 4.69) is 20.1 Å². The summed E-state index contributed by atoms with van der Waals surface area (Å²) in [6, 6.07) is 13.5. The van der Waals surface area contributed by atoms with Gasteiger partial charge in [-0.3, -0.25) is 9.36 Å². The molecule has 0 spiro atoms. The number of hydrogen-bond acceptors (Lipinski definition) is 5. The van der Waals surface area contributed by atoms with Crippen molar-refractivity contribution in [2.75, 3.05) is 0 Å². The average Bonchev–Trinajstić information content (AvgIpc) is 3.06. The third-order valence-corrected chi connectivity index (χ3v) is 4.52. The number of aromatic nitrogens is 6. The molecule has 0 bridgehead atoms. The SMILES string of the molecule is Cc1nn2c(ncc3c(=O)n(-c4ncccn4)ccc32)c1-c1ccccc1. The molecule has 0 aliphatic heterocycles. The molecule has 7 nitrogen and oxygen atoms in total. The minimum atomic E-state index is -0.234. The number of aryl methyl sites for hydroxylation is 1. The molecule has 0 N–H and O–H groups in total. The van der Waals surface area contributed by atoms with E-state index in [0.717, 1.165) is 22.5 Å². The van der Waals surface area contributed by atoms with E-state index in [1.165, 1.54) is 4.57 Å². The van der Waals surface area contributed by atoms with E-state index in [1.54, 1.807) is 35.4 Å². The van der Waals surface area contributed by atoms with Gasteiger partial charge in [-0.25, -0.2) is 19.5 Å². The first kappa shape index (κ1) is 15.4. The van der Waals surface area contributed by atoms with Gasteiger partial charge in [0, 0.05) is 30.4 Å². The average molecular weight is 354 g/mol. The van der Waals surface area contributed by atoms with Crippen LogP contribution < -0.4 is 5.56 Å². The second kappa shape index (κ2) is 5.84. The first-order chi connectivity index (χ1) is 13.2. The number of fused-ring (bicyclic) bond motifs is 3. The minimum absolute atomic E-state index is 0.234. The summed E-state index contributed by atoms with van der Waals surface area (Å²) in [5, 5.41) is 5.09. The molecule has 0 aliphatic carbocycles. The van der Waals surface area contributed by atoms with Crippen molar-refractivity contribution in [1.82, 2.24) is 29.1 Å². The maximum absolute atomic E-state index is 12.9. The molecule has 0 aliphatic rings. The molecule has 0 fully saturated rings. The zero-order valence-electron chi connectivity index (χ0n) is 14.4. The van der Waals surface area contributed by atoms with E-state index < -0.39 is 0 Å². The van der Waals surface area contributed by atoms with Crippen molar-refractivity contribution >= 4 is 16.6 Å². The van der Waals surface area contributed by atoms with Gasteiger partial charge in [-0.05, 0) is 24.6 Å². The summed E-state index contributed by atoms with van der Waals surface area (Å²) in [6.07, 6.45) is 6.46. The van der Waals surface area contributed by atoms with Crippen LogP contribution in [0.5, 0.6) is 0 Å². The van der Waals surface area contributed by atoms with Gasteiger partial charge in [0.25, 0.3) is 5.56 Å². The van der Waals surface area contributed by atoms with Crippen LogP contribution in [0, 0.1) is 6.92 Å². The Morgan fingerprint density at radius 2 is 1.70 bits per heavy atom. The Kier molecular flexibility index (Phi) is 3.33. The number of hydrogen-bond donors (Lipinski definition) is 0. The van der Waals surface area contributed by atoms with Crippen molar-refractivity contribution in [3.05, 3.63) is 83.3 Å². The fourth-order valence-corrected chi connectivity index (χ4v) is 3.29. The number of benzene rings is 1. The predicted molar refractivity (Wildman–Crippen MR) is 102 cm³/mol. The number of nitrogens with zero attached hydrogens (tertiary/aromatic N) is 6. The highest BCUT2D eigenvalue weighted by Gasteiger charge is 2.16. The first-order valence-electron chi connectivity index (χ1n) is 8.46. The molecular weight excluding hydrogens is 340 g/mol. The molecule has 5 aromatic rings. The molecule has 7 heteroatoms. The highest BCUT2D eigenvalue weighted by atomic mass is 16.1. The van der Waals surface area contributed by atoms with E-state index in [9.17, 15) is 4.79 Å². The lowest BCUT2D eigenvalue weighted by atomic mass is 10.1. The van der Waals surface area contributed by atoms with Gasteiger partial charge in [0.2, 0.25) is 5.95 Å². The van der Waals surface area contributed by atoms with Gasteiger partial charge in [0.05, 0.1) is 16.6 Å². The van der Waals surface area contributed by atoms with Crippen molar-refractivity contribution in [2.45, 2.75) is 6.92 Å². The van der Waals surface area contributed by atoms with Crippen LogP contribution in [-0.4, -0.2) is 29.1 Å². The van der Waals surface area contributed by atoms with Crippen LogP contribution >= 0.6 is 0 Å². The lowest BCUT2D eigenvalue weighted by molar-refractivity contribution is 0.886. The van der Waals surface area contributed by atoms with Crippen molar-refractivity contribution < 1.29 is 0 Å². The monoisotopic (exact) mass is 354 g/mol. The van der Waals surface area contributed by atoms with Crippen LogP contribution in [0.3, 0.4) is 0 Å². The zero-order chi connectivity index (χ0) is 18.4. The van der Waals surface area contributed by atoms with Crippen LogP contribution in [0.4, 0.5) is 0 Å². The highest BCUT2D eigenvalue weighted by Crippen LogP contribution is 2.28. The Morgan fingerprint density at radius 3 is 2.48 bits per heavy atom. The molecule has 0 atom stereocenters. The van der Waals surface area contributed by atoms with Crippen molar-refractivity contribution in [2.24, 2.45) is 0 Å². The minimum Gasteiger partial charge on any atom is -0.268 e. The Morgan fingerprint density at radius 1 is 0.926 bits per heavy atom. The topological polar surface area (TPSA) is 78.0 Å². The summed E-state index contributed by atoms with van der Waals surface area (Å²) >= 11 is 0. The fourth-order valence-electron chi connectivity index (χ4n) is 3.29. The normalized spacial score (nSPS) is 11.3. The molecule has 0 saturated carbocycles. The standard InChI is InChI=1S/C20H14N6O/c1-13-17(14-6-3-2-4-7-14)18-23-12-15-16(26(18)24-13)8-11-25(19(15)27)20-21-9-5-10-22-20/h2-12H,1H3. The van der Waals surface area contributed by atoms with Crippen molar-refractivity contribution in [3.8, 4) is 17.1 Å². The van der Waals surface area contributed by atoms with Gasteiger partial charge in [-0.2, -0.15) is 5.10 Å². The summed E-state index contributed by atoms with van der Waals surface area (Å²) in [5.74, 6) is 0.325. The first-order valence-corrected chi connectivity index (χ1v) is 8.46. The van der Waals surface area contributed by atoms with E-state index >= 15 is 0 Å². The predicted octanol–water partition coefficient (Wildman–Crippen LogP) is 2.80. The molecule has 0 amide bonds. The Hall–Kier alpha value is -3.87. The van der Waals surface area contributed by atoms with E-state index in [4.69, 9.17) is 0 Å². The Balaban J connectivity index is 1.80. The third kappa shape index (κ3) is 2.32. The van der Waals surface area contributed by atoms with Gasteiger partial charge in [-0.15, -0.1) is 0 Å². The van der Waals surface area contributed by atoms with E-state index in [1.807, 2.05) is 43.3 Å². The smallest absolute Gasteiger partial charge is 0.268 e. The zero-order valence-corrected chi connectivity index (χ0v) is 14.4. The largest absolute Gasteiger partial charge is 0.268 e. The molecule has 0 radical (unpaired) electrons. The van der Waals surface area contributed by atoms with Crippen molar-refractivity contribution in [1.29, 1.82) is 0 Å². The molecule has 4 heterocycles. The molecule has 5 rings (SSSR count). The van der Waals surface area contributed by atoms with Crippen molar-refractivity contribution in [3.63, 3.8) is 0 Å². The van der Waals surface area contributed by atoms with Crippen LogP contribution in [-0.2, 0) is 0 Å². The Bertz CT molecular complexity index is 1340. The molecule has 27 heavy (non-hydrogen) atoms. The van der Waals surface area contributed by atoms with Gasteiger partial charge < -0.3 is 0 Å². The Labute approximate surface area is 153 Å². The molecule has 1 aromatic carbocycles. The van der Waals surface area contributed by atoms with Crippen LogP contribution in [0.1, 0.15) is 5.69 Å². The van der Waals surface area contributed by atoms with Crippen LogP contribution in [0.25, 0.3) is 33.6 Å². The summed E-state index contributed by atoms with van der Waals surface area (Å²) in [5.41, 5.74) is 4.05. The lowest BCUT2D eigenvalue weighted by Crippen LogP contribution is -2.20. The van der Waals surface area contributed by atoms with E-state index in [0.29, 0.717) is 16.9 Å². The summed E-state index contributed by atoms with van der Waals surface area (Å²) in [6.45, 7) is 1.95. The lowest BCUT2D eigenvalue weighted by Gasteiger charge is -2.06. The maximum atomic E-state index is 12.9. The van der Waals surface area contributed by atoms with Crippen LogP contribution in [0.2, 0.25) is 0 Å². The van der Waals surface area contributed by atoms with E-state index in [-0.39, 0.29) is 5.56 Å². The molecule has 0 unspecified atom stereocenters. The molecule has 0 saturated heterocycles. The summed E-state index contributed by atoms with van der Waals surface area (Å²) in [4.78, 5) is 25.8. The molecule has 130 valence electrons. The van der Waals surface area contributed by atoms with Crippen LogP contribution in [0.15, 0.2) is 72.0 Å². The summed E-state index contributed by atoms with van der Waals surface area (Å²) < 4.78 is 3.13. The molecule has 4 aromatic heterocycles. The van der Waals surface area contributed by atoms with Gasteiger partial charge in [0.15, 0.2) is 5.65 Å². The summed E-state index contributed by atoms with van der Waals surface area (Å²) in [7, 11) is 0. The molecular formula is C20H14N6O. The number of pyridine rings is 1. The third-order valence-electron chi connectivity index (χ3n) is 4.52. The maximum Gasteiger partial charge on any atom is 0.268 e. The van der Waals surface area contributed by atoms with Gasteiger partial charge >= 0.3 is 0 Å². The quantitative estimate of drug-likeness (QED) is 0.487. The van der Waals surface area contributed by atoms with Gasteiger partial charge in [-0.1, -0.05) is 30.3 Å². The van der Waals surface area contributed by atoms with Gasteiger partial charge in [0.1, 0.15) is 0 Å². The fraction of sp³-hybridized carbons (Fsp3) is 0.0500. The second-order valence-electron chi connectivity index (χ2n) is 6.16. The second-order valence-corrected chi connectivity index (χ2v) is 6.16.